The van der Waals surface area contributed by atoms with Crippen molar-refractivity contribution in [2.24, 2.45) is 0 Å². The minimum atomic E-state index is -1.47. The first-order valence-electron chi connectivity index (χ1n) is 6.06. The van der Waals surface area contributed by atoms with E-state index >= 15 is 0 Å². The number of benzene rings is 1. The van der Waals surface area contributed by atoms with Gasteiger partial charge in [-0.3, -0.25) is 9.19 Å². The fraction of sp³-hybridized carbons (Fsp3) is 0.214. The zero-order valence-electron chi connectivity index (χ0n) is 11.6. The largest absolute Gasteiger partial charge is 0.493 e. The molecule has 2 N–H and O–H groups in total. The summed E-state index contributed by atoms with van der Waals surface area (Å²) in [5, 5.41) is 0. The highest BCUT2D eigenvalue weighted by Gasteiger charge is 2.15. The molecule has 0 aliphatic heterocycles. The van der Waals surface area contributed by atoms with E-state index in [1.165, 1.54) is 32.5 Å². The average Bonchev–Trinajstić information content (AvgIpc) is 2.49. The van der Waals surface area contributed by atoms with Crippen LogP contribution in [0.2, 0.25) is 0 Å². The minimum Gasteiger partial charge on any atom is -0.493 e. The molecule has 2 aromatic rings. The Balaban J connectivity index is 2.29. The summed E-state index contributed by atoms with van der Waals surface area (Å²) in [5.41, 5.74) is 5.90. The number of nitrogens with zero attached hydrogens (tertiary/aromatic N) is 1. The number of nitrogens with two attached hydrogens (primary N) is 1. The number of nitrogen functional groups attached to an aromatic ring is 1. The highest BCUT2D eigenvalue weighted by Crippen LogP contribution is 2.30. The van der Waals surface area contributed by atoms with Gasteiger partial charge < -0.3 is 15.2 Å². The van der Waals surface area contributed by atoms with E-state index in [0.29, 0.717) is 22.1 Å². The van der Waals surface area contributed by atoms with Crippen molar-refractivity contribution in [1.82, 2.24) is 4.98 Å². The molecule has 0 saturated carbocycles. The number of hydrogen-bond donors (Lipinski definition) is 1. The van der Waals surface area contributed by atoms with Crippen molar-refractivity contribution in [2.75, 3.05) is 20.0 Å². The number of pyridine rings is 1. The van der Waals surface area contributed by atoms with Gasteiger partial charge in [-0.15, -0.1) is 0 Å². The third-order valence-electron chi connectivity index (χ3n) is 2.87. The van der Waals surface area contributed by atoms with E-state index < -0.39 is 16.6 Å². The van der Waals surface area contributed by atoms with E-state index in [-0.39, 0.29) is 11.4 Å². The number of methoxy groups -OCH3 is 2. The Morgan fingerprint density at radius 1 is 1.29 bits per heavy atom. The highest BCUT2D eigenvalue weighted by atomic mass is 32.2. The molecule has 1 heterocycles. The molecule has 1 unspecified atom stereocenters. The quantitative estimate of drug-likeness (QED) is 0.856. The fourth-order valence-corrected chi connectivity index (χ4v) is 2.89. The molecular formula is C14H15FN2O3S. The van der Waals surface area contributed by atoms with Gasteiger partial charge in [0, 0.05) is 17.2 Å². The van der Waals surface area contributed by atoms with Gasteiger partial charge in [-0.1, -0.05) is 0 Å². The molecule has 0 aliphatic rings. The van der Waals surface area contributed by atoms with E-state index in [9.17, 15) is 8.60 Å². The van der Waals surface area contributed by atoms with E-state index in [1.54, 1.807) is 6.07 Å². The van der Waals surface area contributed by atoms with Crippen molar-refractivity contribution in [3.8, 4) is 11.5 Å². The van der Waals surface area contributed by atoms with Crippen LogP contribution < -0.4 is 15.2 Å². The molecular weight excluding hydrogens is 295 g/mol. The predicted octanol–water partition coefficient (Wildman–Crippen LogP) is 2.13. The summed E-state index contributed by atoms with van der Waals surface area (Å²) in [7, 11) is 1.52. The van der Waals surface area contributed by atoms with Crippen LogP contribution in [0.4, 0.5) is 10.1 Å². The van der Waals surface area contributed by atoms with Crippen LogP contribution in [-0.4, -0.2) is 23.4 Å². The Kier molecular flexibility index (Phi) is 4.74. The van der Waals surface area contributed by atoms with Crippen LogP contribution in [0.25, 0.3) is 0 Å². The van der Waals surface area contributed by atoms with Gasteiger partial charge in [-0.2, -0.15) is 0 Å². The number of halogens is 1. The topological polar surface area (TPSA) is 74.4 Å². The van der Waals surface area contributed by atoms with Crippen LogP contribution in [0, 0.1) is 5.82 Å². The lowest BCUT2D eigenvalue weighted by molar-refractivity contribution is 0.350. The third kappa shape index (κ3) is 3.30. The SMILES string of the molecule is COc1ccnc(CS(=O)c2ccc(N)c(F)c2)c1OC. The van der Waals surface area contributed by atoms with Crippen LogP contribution in [0.15, 0.2) is 35.4 Å². The maximum absolute atomic E-state index is 13.4. The molecule has 21 heavy (non-hydrogen) atoms. The van der Waals surface area contributed by atoms with Crippen molar-refractivity contribution < 1.29 is 18.1 Å². The Morgan fingerprint density at radius 2 is 2.05 bits per heavy atom. The Hall–Kier alpha value is -2.15. The van der Waals surface area contributed by atoms with Gasteiger partial charge in [-0.05, 0) is 18.2 Å². The van der Waals surface area contributed by atoms with Crippen molar-refractivity contribution in [2.45, 2.75) is 10.6 Å². The molecule has 0 amide bonds. The van der Waals surface area contributed by atoms with Crippen LogP contribution in [0.5, 0.6) is 11.5 Å². The van der Waals surface area contributed by atoms with Crippen LogP contribution >= 0.6 is 0 Å². The van der Waals surface area contributed by atoms with E-state index in [4.69, 9.17) is 15.2 Å². The zero-order chi connectivity index (χ0) is 15.4. The second-order valence-electron chi connectivity index (χ2n) is 4.17. The van der Waals surface area contributed by atoms with Gasteiger partial charge in [0.2, 0.25) is 0 Å². The van der Waals surface area contributed by atoms with Gasteiger partial charge in [0.05, 0.1) is 42.2 Å². The molecule has 0 fully saturated rings. The lowest BCUT2D eigenvalue weighted by atomic mass is 10.3. The second kappa shape index (κ2) is 6.53. The summed E-state index contributed by atoms with van der Waals surface area (Å²) in [5.74, 6) is 0.419. The summed E-state index contributed by atoms with van der Waals surface area (Å²) in [4.78, 5) is 4.49. The van der Waals surface area contributed by atoms with Crippen molar-refractivity contribution in [3.63, 3.8) is 0 Å². The third-order valence-corrected chi connectivity index (χ3v) is 4.18. The molecule has 1 aromatic carbocycles. The lowest BCUT2D eigenvalue weighted by Gasteiger charge is -2.11. The molecule has 7 heteroatoms. The molecule has 0 saturated heterocycles. The van der Waals surface area contributed by atoms with E-state index in [0.717, 1.165) is 6.07 Å². The smallest absolute Gasteiger partial charge is 0.183 e. The van der Waals surface area contributed by atoms with Gasteiger partial charge in [0.25, 0.3) is 0 Å². The summed E-state index contributed by atoms with van der Waals surface area (Å²) >= 11 is 0. The second-order valence-corrected chi connectivity index (χ2v) is 5.62. The molecule has 0 spiro atoms. The molecule has 0 radical (unpaired) electrons. The first kappa shape index (κ1) is 15.2. The van der Waals surface area contributed by atoms with Crippen molar-refractivity contribution in [1.29, 1.82) is 0 Å². The average molecular weight is 310 g/mol. The molecule has 0 bridgehead atoms. The molecule has 112 valence electrons. The Bertz CT molecular complexity index is 679. The maximum Gasteiger partial charge on any atom is 0.183 e. The van der Waals surface area contributed by atoms with E-state index in [1.807, 2.05) is 0 Å². The molecule has 2 rings (SSSR count). The van der Waals surface area contributed by atoms with Crippen LogP contribution in [0.3, 0.4) is 0 Å². The van der Waals surface area contributed by atoms with Gasteiger partial charge >= 0.3 is 0 Å². The van der Waals surface area contributed by atoms with Crippen LogP contribution in [0.1, 0.15) is 5.69 Å². The molecule has 1 aromatic heterocycles. The van der Waals surface area contributed by atoms with Crippen molar-refractivity contribution in [3.05, 3.63) is 42.0 Å². The number of ether oxygens (including phenoxy) is 2. The van der Waals surface area contributed by atoms with E-state index in [2.05, 4.69) is 4.98 Å². The number of anilines is 1. The fourth-order valence-electron chi connectivity index (χ4n) is 1.81. The maximum atomic E-state index is 13.4. The first-order valence-corrected chi connectivity index (χ1v) is 7.38. The summed E-state index contributed by atoms with van der Waals surface area (Å²) in [6, 6.07) is 5.73. The Morgan fingerprint density at radius 3 is 2.67 bits per heavy atom. The number of rotatable bonds is 5. The summed E-state index contributed by atoms with van der Waals surface area (Å²) < 4.78 is 36.1. The monoisotopic (exact) mass is 310 g/mol. The Labute approximate surface area is 124 Å². The van der Waals surface area contributed by atoms with Crippen molar-refractivity contribution >= 4 is 16.5 Å². The first-order chi connectivity index (χ1) is 10.1. The summed E-state index contributed by atoms with van der Waals surface area (Å²) in [6.45, 7) is 0. The lowest BCUT2D eigenvalue weighted by Crippen LogP contribution is -2.04. The standard InChI is InChI=1S/C14H15FN2O3S/c1-19-13-5-6-17-12(14(13)20-2)8-21(18)9-3-4-11(16)10(15)7-9/h3-7H,8,16H2,1-2H3. The number of hydrogen-bond acceptors (Lipinski definition) is 5. The van der Waals surface area contributed by atoms with Gasteiger partial charge in [0.15, 0.2) is 11.5 Å². The predicted molar refractivity (Wildman–Crippen MR) is 78.3 cm³/mol. The summed E-state index contributed by atoms with van der Waals surface area (Å²) in [6.07, 6.45) is 1.54. The number of aromatic nitrogens is 1. The molecule has 5 nitrogen and oxygen atoms in total. The van der Waals surface area contributed by atoms with Crippen LogP contribution in [-0.2, 0) is 16.6 Å². The highest BCUT2D eigenvalue weighted by molar-refractivity contribution is 7.84. The molecule has 0 aliphatic carbocycles. The normalized spacial score (nSPS) is 12.0. The van der Waals surface area contributed by atoms with Gasteiger partial charge in [-0.25, -0.2) is 4.39 Å². The van der Waals surface area contributed by atoms with Gasteiger partial charge in [0.1, 0.15) is 5.82 Å². The zero-order valence-corrected chi connectivity index (χ0v) is 12.4. The minimum absolute atomic E-state index is 0.0211. The molecule has 1 atom stereocenters.